The quantitative estimate of drug-likeness (QED) is 0.638. The lowest BCUT2D eigenvalue weighted by Gasteiger charge is -2.08. The fourth-order valence-electron chi connectivity index (χ4n) is 1.36. The van der Waals surface area contributed by atoms with Crippen molar-refractivity contribution in [2.24, 2.45) is 0 Å². The van der Waals surface area contributed by atoms with Gasteiger partial charge in [0.05, 0.1) is 13.5 Å². The van der Waals surface area contributed by atoms with Gasteiger partial charge in [-0.05, 0) is 10.5 Å². The average molecular weight is 262 g/mol. The summed E-state index contributed by atoms with van der Waals surface area (Å²) in [5.74, 6) is -2.78. The molecular formula is C9H8F2N2O5. The zero-order chi connectivity index (χ0) is 13.9. The van der Waals surface area contributed by atoms with E-state index in [-0.39, 0.29) is 0 Å². The molecule has 1 aromatic rings. The van der Waals surface area contributed by atoms with Crippen LogP contribution in [0.5, 0.6) is 5.88 Å². The van der Waals surface area contributed by atoms with E-state index in [1.807, 2.05) is 0 Å². The number of carboxylic acid groups (broad SMARTS) is 1. The Labute approximate surface area is 99.2 Å². The van der Waals surface area contributed by atoms with Gasteiger partial charge in [-0.2, -0.15) is 0 Å². The summed E-state index contributed by atoms with van der Waals surface area (Å²) in [6.07, 6.45) is -3.82. The van der Waals surface area contributed by atoms with Gasteiger partial charge in [-0.3, -0.25) is 4.79 Å². The van der Waals surface area contributed by atoms with Gasteiger partial charge in [-0.1, -0.05) is 0 Å². The second kappa shape index (κ2) is 5.34. The minimum atomic E-state index is -3.04. The van der Waals surface area contributed by atoms with Gasteiger partial charge in [-0.15, -0.1) is 0 Å². The third kappa shape index (κ3) is 2.87. The molecule has 0 fully saturated rings. The summed E-state index contributed by atoms with van der Waals surface area (Å²) in [6, 6.07) is 0.706. The maximum absolute atomic E-state index is 12.8. The van der Waals surface area contributed by atoms with Crippen LogP contribution in [-0.2, 0) is 11.2 Å². The van der Waals surface area contributed by atoms with Crippen LogP contribution in [0.3, 0.4) is 0 Å². The molecule has 0 aliphatic carbocycles. The molecule has 0 unspecified atom stereocenters. The first kappa shape index (κ1) is 13.7. The van der Waals surface area contributed by atoms with Gasteiger partial charge in [0.25, 0.3) is 6.43 Å². The van der Waals surface area contributed by atoms with Gasteiger partial charge in [0, 0.05) is 11.1 Å². The molecular weight excluding hydrogens is 254 g/mol. The summed E-state index contributed by atoms with van der Waals surface area (Å²) >= 11 is 0. The Kier molecular flexibility index (Phi) is 4.08. The zero-order valence-electron chi connectivity index (χ0n) is 9.09. The van der Waals surface area contributed by atoms with Crippen LogP contribution < -0.4 is 4.74 Å². The number of methoxy groups -OCH3 is 1. The normalized spacial score (nSPS) is 10.4. The number of nitrogens with zero attached hydrogens (tertiary/aromatic N) is 2. The Bertz CT molecular complexity index is 492. The maximum atomic E-state index is 12.8. The Morgan fingerprint density at radius 3 is 2.67 bits per heavy atom. The Morgan fingerprint density at radius 1 is 1.67 bits per heavy atom. The summed E-state index contributed by atoms with van der Waals surface area (Å²) < 4.78 is 30.1. The van der Waals surface area contributed by atoms with Crippen LogP contribution >= 0.6 is 0 Å². The predicted molar refractivity (Wildman–Crippen MR) is 53.7 cm³/mol. The number of nitro groups is 1. The van der Waals surface area contributed by atoms with Crippen molar-refractivity contribution in [3.05, 3.63) is 27.3 Å². The number of aromatic nitrogens is 1. The first-order valence-corrected chi connectivity index (χ1v) is 4.59. The highest BCUT2D eigenvalue weighted by Gasteiger charge is 2.28. The number of halogens is 2. The number of pyridine rings is 1. The van der Waals surface area contributed by atoms with Crippen molar-refractivity contribution in [1.82, 2.24) is 4.98 Å². The minimum Gasteiger partial charge on any atom is -0.481 e. The largest absolute Gasteiger partial charge is 0.481 e. The molecule has 0 radical (unpaired) electrons. The molecule has 0 amide bonds. The van der Waals surface area contributed by atoms with Crippen LogP contribution in [0.25, 0.3) is 0 Å². The molecule has 0 aliphatic heterocycles. The summed E-state index contributed by atoms with van der Waals surface area (Å²) in [4.78, 5) is 23.5. The molecule has 0 saturated heterocycles. The minimum absolute atomic E-state index is 0.393. The van der Waals surface area contributed by atoms with Crippen LogP contribution in [0.1, 0.15) is 17.6 Å². The van der Waals surface area contributed by atoms with Crippen molar-refractivity contribution in [3.63, 3.8) is 0 Å². The van der Waals surface area contributed by atoms with Gasteiger partial charge in [0.15, 0.2) is 0 Å². The molecule has 0 bridgehead atoms. The van der Waals surface area contributed by atoms with Gasteiger partial charge < -0.3 is 20.0 Å². The van der Waals surface area contributed by atoms with E-state index in [2.05, 4.69) is 9.72 Å². The second-order valence-electron chi connectivity index (χ2n) is 3.19. The van der Waals surface area contributed by atoms with E-state index in [0.29, 0.717) is 6.07 Å². The number of ether oxygens (including phenoxy) is 1. The molecule has 0 spiro atoms. The number of hydrogen-bond acceptors (Lipinski definition) is 5. The number of hydrogen-bond donors (Lipinski definition) is 1. The monoisotopic (exact) mass is 262 g/mol. The van der Waals surface area contributed by atoms with Crippen LogP contribution in [0.2, 0.25) is 0 Å². The van der Waals surface area contributed by atoms with Crippen LogP contribution in [-0.4, -0.2) is 28.1 Å². The molecule has 98 valence electrons. The number of aliphatic carboxylic acids is 1. The second-order valence-corrected chi connectivity index (χ2v) is 3.19. The third-order valence-electron chi connectivity index (χ3n) is 2.04. The summed E-state index contributed by atoms with van der Waals surface area (Å²) in [5, 5.41) is 19.1. The lowest BCUT2D eigenvalue weighted by molar-refractivity contribution is -0.389. The maximum Gasteiger partial charge on any atom is 0.368 e. The van der Waals surface area contributed by atoms with E-state index in [1.54, 1.807) is 0 Å². The predicted octanol–water partition coefficient (Wildman–Crippen LogP) is 1.56. The van der Waals surface area contributed by atoms with Crippen molar-refractivity contribution in [3.8, 4) is 5.88 Å². The molecule has 0 atom stereocenters. The van der Waals surface area contributed by atoms with Gasteiger partial charge in [0.1, 0.15) is 5.56 Å². The van der Waals surface area contributed by atoms with Crippen molar-refractivity contribution < 1.29 is 28.3 Å². The summed E-state index contributed by atoms with van der Waals surface area (Å²) in [5.41, 5.74) is -1.14. The fourth-order valence-corrected chi connectivity index (χ4v) is 1.36. The fraction of sp³-hybridized carbons (Fsp3) is 0.333. The topological polar surface area (TPSA) is 103 Å². The van der Waals surface area contributed by atoms with E-state index in [9.17, 15) is 23.7 Å². The smallest absolute Gasteiger partial charge is 0.368 e. The summed E-state index contributed by atoms with van der Waals surface area (Å²) in [7, 11) is 1.02. The molecule has 7 nitrogen and oxygen atoms in total. The highest BCUT2D eigenvalue weighted by molar-refractivity contribution is 5.71. The molecule has 9 heteroatoms. The molecule has 1 aromatic heterocycles. The molecule has 1 rings (SSSR count). The van der Waals surface area contributed by atoms with E-state index < -0.39 is 46.6 Å². The number of carboxylic acids is 1. The van der Waals surface area contributed by atoms with Crippen LogP contribution in [0.15, 0.2) is 6.07 Å². The SMILES string of the molecule is COc1nc([N+](=O)[O-])cc(CC(=O)O)c1C(F)F. The third-order valence-corrected chi connectivity index (χ3v) is 2.04. The van der Waals surface area contributed by atoms with Gasteiger partial charge in [-0.25, -0.2) is 8.78 Å². The highest BCUT2D eigenvalue weighted by atomic mass is 19.3. The van der Waals surface area contributed by atoms with Crippen molar-refractivity contribution >= 4 is 11.8 Å². The Hall–Kier alpha value is -2.32. The first-order valence-electron chi connectivity index (χ1n) is 4.59. The highest BCUT2D eigenvalue weighted by Crippen LogP contribution is 2.33. The zero-order valence-corrected chi connectivity index (χ0v) is 9.09. The molecule has 1 N–H and O–H groups in total. The summed E-state index contributed by atoms with van der Waals surface area (Å²) in [6.45, 7) is 0. The Balaban J connectivity index is 3.45. The molecule has 0 aromatic carbocycles. The molecule has 0 saturated carbocycles. The van der Waals surface area contributed by atoms with Crippen molar-refractivity contribution in [2.75, 3.05) is 7.11 Å². The molecule has 1 heterocycles. The number of alkyl halides is 2. The Morgan fingerprint density at radius 2 is 2.28 bits per heavy atom. The van der Waals surface area contributed by atoms with Crippen molar-refractivity contribution in [2.45, 2.75) is 12.8 Å². The standard InChI is InChI=1S/C9H8F2N2O5/c1-18-9-7(8(10)11)4(3-6(14)15)2-5(12-9)13(16)17/h2,8H,3H2,1H3,(H,14,15). The van der Waals surface area contributed by atoms with E-state index in [4.69, 9.17) is 5.11 Å². The number of carbonyl (C=O) groups is 1. The average Bonchev–Trinajstić information content (AvgIpc) is 2.26. The van der Waals surface area contributed by atoms with Crippen LogP contribution in [0, 0.1) is 10.1 Å². The van der Waals surface area contributed by atoms with Gasteiger partial charge in [0.2, 0.25) is 0 Å². The number of rotatable bonds is 5. The first-order chi connectivity index (χ1) is 8.36. The molecule has 0 aliphatic rings. The lowest BCUT2D eigenvalue weighted by atomic mass is 10.1. The van der Waals surface area contributed by atoms with Crippen molar-refractivity contribution in [1.29, 1.82) is 0 Å². The van der Waals surface area contributed by atoms with E-state index in [1.165, 1.54) is 0 Å². The van der Waals surface area contributed by atoms with Crippen LogP contribution in [0.4, 0.5) is 14.6 Å². The molecule has 18 heavy (non-hydrogen) atoms. The van der Waals surface area contributed by atoms with E-state index in [0.717, 1.165) is 7.11 Å². The lowest BCUT2D eigenvalue weighted by Crippen LogP contribution is -2.08. The van der Waals surface area contributed by atoms with Gasteiger partial charge >= 0.3 is 17.7 Å². The van der Waals surface area contributed by atoms with E-state index >= 15 is 0 Å².